The lowest BCUT2D eigenvalue weighted by atomic mass is 10.0. The molecule has 0 aliphatic heterocycles. The summed E-state index contributed by atoms with van der Waals surface area (Å²) in [5, 5.41) is 23.6. The number of anilines is 2. The molecule has 0 bridgehead atoms. The van der Waals surface area contributed by atoms with Crippen LogP contribution < -0.4 is 11.1 Å². The second-order valence-electron chi connectivity index (χ2n) is 5.93. The summed E-state index contributed by atoms with van der Waals surface area (Å²) in [5.74, 6) is -0.410. The van der Waals surface area contributed by atoms with Crippen molar-refractivity contribution in [1.82, 2.24) is 10.1 Å². The van der Waals surface area contributed by atoms with Crippen LogP contribution in [-0.4, -0.2) is 21.8 Å². The van der Waals surface area contributed by atoms with Gasteiger partial charge in [-0.2, -0.15) is 5.26 Å². The molecule has 8 heteroatoms. The molecule has 2 aromatic heterocycles. The first-order chi connectivity index (χ1) is 12.9. The Hall–Kier alpha value is -3.99. The average Bonchev–Trinajstić information content (AvgIpc) is 3.19. The van der Waals surface area contributed by atoms with Crippen LogP contribution in [0.15, 0.2) is 41.4 Å². The van der Waals surface area contributed by atoms with Crippen LogP contribution in [0.4, 0.5) is 11.4 Å². The van der Waals surface area contributed by atoms with Crippen LogP contribution >= 0.6 is 0 Å². The normalized spacial score (nSPS) is 10.3. The maximum absolute atomic E-state index is 12.6. The quantitative estimate of drug-likeness (QED) is 0.482. The number of nitrogens with two attached hydrogens (primary N) is 1. The van der Waals surface area contributed by atoms with E-state index >= 15 is 0 Å². The zero-order valence-electron chi connectivity index (χ0n) is 14.7. The average molecular weight is 360 g/mol. The van der Waals surface area contributed by atoms with E-state index in [9.17, 15) is 4.79 Å². The Balaban J connectivity index is 1.90. The van der Waals surface area contributed by atoms with E-state index < -0.39 is 5.91 Å². The van der Waals surface area contributed by atoms with Gasteiger partial charge in [0, 0.05) is 23.1 Å². The fourth-order valence-electron chi connectivity index (χ4n) is 2.57. The number of hydrogen-bond acceptors (Lipinski definition) is 7. The second kappa shape index (κ2) is 7.09. The van der Waals surface area contributed by atoms with E-state index in [2.05, 4.69) is 15.5 Å². The molecule has 2 heterocycles. The van der Waals surface area contributed by atoms with Crippen molar-refractivity contribution in [2.75, 3.05) is 11.1 Å². The van der Waals surface area contributed by atoms with Gasteiger partial charge < -0.3 is 15.6 Å². The first kappa shape index (κ1) is 17.8. The van der Waals surface area contributed by atoms with Crippen LogP contribution in [-0.2, 0) is 0 Å². The minimum atomic E-state index is -0.410. The lowest BCUT2D eigenvalue weighted by Crippen LogP contribution is -2.17. The number of nitriles is 1. The monoisotopic (exact) mass is 360 g/mol. The second-order valence-corrected chi connectivity index (χ2v) is 5.93. The largest absolute Gasteiger partial charge is 0.398 e. The van der Waals surface area contributed by atoms with Crippen molar-refractivity contribution in [3.8, 4) is 6.07 Å². The Bertz CT molecular complexity index is 1080. The number of nitrogen functional groups attached to an aromatic ring is 1. The van der Waals surface area contributed by atoms with Crippen molar-refractivity contribution < 1.29 is 9.32 Å². The summed E-state index contributed by atoms with van der Waals surface area (Å²) in [6.45, 7) is 3.52. The molecule has 0 aliphatic carbocycles. The van der Waals surface area contributed by atoms with Gasteiger partial charge in [-0.3, -0.25) is 10.2 Å². The van der Waals surface area contributed by atoms with Crippen molar-refractivity contribution >= 4 is 23.0 Å². The summed E-state index contributed by atoms with van der Waals surface area (Å²) in [6.07, 6.45) is 4.15. The van der Waals surface area contributed by atoms with Crippen LogP contribution in [0.3, 0.4) is 0 Å². The molecule has 0 fully saturated rings. The molecule has 3 aromatic rings. The number of amides is 1. The third-order valence-electron chi connectivity index (χ3n) is 4.28. The molecule has 8 nitrogen and oxygen atoms in total. The predicted molar refractivity (Wildman–Crippen MR) is 99.7 cm³/mol. The highest BCUT2D eigenvalue weighted by molar-refractivity contribution is 6.14. The van der Waals surface area contributed by atoms with Gasteiger partial charge in [-0.25, -0.2) is 4.98 Å². The number of rotatable bonds is 4. The zero-order chi connectivity index (χ0) is 19.6. The maximum atomic E-state index is 12.6. The Kier molecular flexibility index (Phi) is 4.68. The Labute approximate surface area is 155 Å². The highest BCUT2D eigenvalue weighted by Gasteiger charge is 2.16. The zero-order valence-corrected chi connectivity index (χ0v) is 14.7. The molecule has 0 saturated heterocycles. The Morgan fingerprint density at radius 2 is 2.07 bits per heavy atom. The lowest BCUT2D eigenvalue weighted by molar-refractivity contribution is 0.102. The number of hydrogen-bond donors (Lipinski definition) is 3. The first-order valence-electron chi connectivity index (χ1n) is 7.98. The predicted octanol–water partition coefficient (Wildman–Crippen LogP) is 2.81. The van der Waals surface area contributed by atoms with Crippen molar-refractivity contribution in [1.29, 1.82) is 10.7 Å². The summed E-state index contributed by atoms with van der Waals surface area (Å²) in [6, 6.07) is 6.90. The van der Waals surface area contributed by atoms with E-state index in [1.165, 1.54) is 18.7 Å². The molecular weight excluding hydrogens is 344 g/mol. The fourth-order valence-corrected chi connectivity index (χ4v) is 2.57. The van der Waals surface area contributed by atoms with Gasteiger partial charge in [-0.15, -0.1) is 0 Å². The number of carbonyl (C=O) groups excluding carboxylic acids is 1. The van der Waals surface area contributed by atoms with E-state index in [0.29, 0.717) is 39.2 Å². The van der Waals surface area contributed by atoms with E-state index in [0.717, 1.165) is 0 Å². The summed E-state index contributed by atoms with van der Waals surface area (Å²) in [7, 11) is 0. The van der Waals surface area contributed by atoms with E-state index in [1.54, 1.807) is 32.0 Å². The van der Waals surface area contributed by atoms with Crippen molar-refractivity contribution in [3.05, 3.63) is 70.4 Å². The number of benzene rings is 1. The fraction of sp³-hybridized carbons (Fsp3) is 0.105. The first-order valence-corrected chi connectivity index (χ1v) is 7.98. The molecule has 0 spiro atoms. The maximum Gasteiger partial charge on any atom is 0.274 e. The molecule has 4 N–H and O–H groups in total. The topological polar surface area (TPSA) is 142 Å². The number of pyridine rings is 1. The molecule has 27 heavy (non-hydrogen) atoms. The van der Waals surface area contributed by atoms with Gasteiger partial charge in [0.2, 0.25) is 0 Å². The van der Waals surface area contributed by atoms with Gasteiger partial charge in [0.15, 0.2) is 0 Å². The molecule has 134 valence electrons. The molecule has 0 saturated carbocycles. The number of carbonyl (C=O) groups is 1. The number of nitrogens with zero attached hydrogens (tertiary/aromatic N) is 3. The van der Waals surface area contributed by atoms with Gasteiger partial charge in [0.1, 0.15) is 18.0 Å². The number of nitrogens with one attached hydrogen (secondary N) is 2. The van der Waals surface area contributed by atoms with E-state index in [-0.39, 0.29) is 11.4 Å². The minimum Gasteiger partial charge on any atom is -0.398 e. The SMILES string of the molecule is Cc1c(C#N)cnc(C(=O)Nc2ccc(N)c(C(=N)c3cnoc3)c2)c1C. The van der Waals surface area contributed by atoms with Crippen molar-refractivity contribution in [2.45, 2.75) is 13.8 Å². The summed E-state index contributed by atoms with van der Waals surface area (Å²) >= 11 is 0. The molecule has 1 amide bonds. The van der Waals surface area contributed by atoms with Crippen LogP contribution in [0.25, 0.3) is 0 Å². The molecule has 1 aromatic carbocycles. The lowest BCUT2D eigenvalue weighted by Gasteiger charge is -2.12. The molecule has 0 radical (unpaired) electrons. The number of aromatic nitrogens is 2. The van der Waals surface area contributed by atoms with Gasteiger partial charge in [0.05, 0.1) is 23.0 Å². The molecule has 0 unspecified atom stereocenters. The molecule has 0 atom stereocenters. The Morgan fingerprint density at radius 1 is 1.30 bits per heavy atom. The smallest absolute Gasteiger partial charge is 0.274 e. The van der Waals surface area contributed by atoms with Crippen LogP contribution in [0.2, 0.25) is 0 Å². The van der Waals surface area contributed by atoms with Gasteiger partial charge in [-0.05, 0) is 43.2 Å². The van der Waals surface area contributed by atoms with Crippen molar-refractivity contribution in [3.63, 3.8) is 0 Å². The Morgan fingerprint density at radius 3 is 2.74 bits per heavy atom. The van der Waals surface area contributed by atoms with Gasteiger partial charge in [0.25, 0.3) is 5.91 Å². The highest BCUT2D eigenvalue weighted by Crippen LogP contribution is 2.22. The summed E-state index contributed by atoms with van der Waals surface area (Å²) < 4.78 is 4.76. The van der Waals surface area contributed by atoms with E-state index in [4.69, 9.17) is 20.9 Å². The van der Waals surface area contributed by atoms with Gasteiger partial charge >= 0.3 is 0 Å². The van der Waals surface area contributed by atoms with Gasteiger partial charge in [-0.1, -0.05) is 5.16 Å². The minimum absolute atomic E-state index is 0.133. The molecular formula is C19H16N6O2. The highest BCUT2D eigenvalue weighted by atomic mass is 16.5. The third-order valence-corrected chi connectivity index (χ3v) is 4.28. The van der Waals surface area contributed by atoms with Crippen molar-refractivity contribution in [2.24, 2.45) is 0 Å². The van der Waals surface area contributed by atoms with E-state index in [1.807, 2.05) is 6.07 Å². The van der Waals surface area contributed by atoms with Crippen LogP contribution in [0.1, 0.15) is 38.3 Å². The third kappa shape index (κ3) is 3.39. The van der Waals surface area contributed by atoms with Crippen LogP contribution in [0.5, 0.6) is 0 Å². The standard InChI is InChI=1S/C19H16N6O2/c1-10-11(2)18(23-7-12(10)6-20)19(26)25-14-3-4-16(21)15(5-14)17(22)13-8-24-27-9-13/h3-5,7-9,22H,21H2,1-2H3,(H,25,26). The summed E-state index contributed by atoms with van der Waals surface area (Å²) in [5.41, 5.74) is 9.89. The summed E-state index contributed by atoms with van der Waals surface area (Å²) in [4.78, 5) is 16.7. The molecule has 0 aliphatic rings. The molecule has 3 rings (SSSR count). The van der Waals surface area contributed by atoms with Crippen LogP contribution in [0, 0.1) is 30.6 Å².